The molecule has 2 N–H and O–H groups in total. The summed E-state index contributed by atoms with van der Waals surface area (Å²) in [5.41, 5.74) is 1.24. The molecule has 0 bridgehead atoms. The van der Waals surface area contributed by atoms with E-state index in [0.717, 1.165) is 10.4 Å². The molecule has 7 nitrogen and oxygen atoms in total. The van der Waals surface area contributed by atoms with E-state index in [1.54, 1.807) is 12.1 Å². The Labute approximate surface area is 135 Å². The molecule has 1 heterocycles. The summed E-state index contributed by atoms with van der Waals surface area (Å²) in [5, 5.41) is 13.7. The second-order valence-electron chi connectivity index (χ2n) is 4.70. The first-order chi connectivity index (χ1) is 11.1. The number of imidazole rings is 1. The Morgan fingerprint density at radius 1 is 1.30 bits per heavy atom. The molecule has 0 aliphatic carbocycles. The van der Waals surface area contributed by atoms with E-state index in [4.69, 9.17) is 0 Å². The van der Waals surface area contributed by atoms with E-state index in [9.17, 15) is 14.9 Å². The van der Waals surface area contributed by atoms with E-state index < -0.39 is 10.8 Å². The van der Waals surface area contributed by atoms with Crippen LogP contribution in [0.15, 0.2) is 47.4 Å². The lowest BCUT2D eigenvalue weighted by Gasteiger charge is -2.05. The molecule has 0 atom stereocenters. The molecule has 0 saturated carbocycles. The van der Waals surface area contributed by atoms with Crippen LogP contribution in [-0.2, 0) is 0 Å². The van der Waals surface area contributed by atoms with Crippen molar-refractivity contribution in [1.82, 2.24) is 9.97 Å². The van der Waals surface area contributed by atoms with E-state index in [2.05, 4.69) is 15.3 Å². The summed E-state index contributed by atoms with van der Waals surface area (Å²) in [5.74, 6) is -0.327. The molecule has 116 valence electrons. The minimum absolute atomic E-state index is 0.00214. The fraction of sp³-hybridized carbons (Fsp3) is 0.0667. The average molecular weight is 328 g/mol. The van der Waals surface area contributed by atoms with Crippen LogP contribution in [0.25, 0.3) is 11.0 Å². The van der Waals surface area contributed by atoms with Gasteiger partial charge in [-0.05, 0) is 30.5 Å². The predicted molar refractivity (Wildman–Crippen MR) is 88.9 cm³/mol. The molecular formula is C15H12N4O3S. The molecule has 0 unspecified atom stereocenters. The second-order valence-corrected chi connectivity index (χ2v) is 5.58. The van der Waals surface area contributed by atoms with Crippen molar-refractivity contribution in [1.29, 1.82) is 0 Å². The number of nitro groups is 1. The highest BCUT2D eigenvalue weighted by atomic mass is 32.2. The number of hydrogen-bond donors (Lipinski definition) is 2. The topological polar surface area (TPSA) is 101 Å². The number of aromatic amines is 1. The highest BCUT2D eigenvalue weighted by molar-refractivity contribution is 7.98. The Morgan fingerprint density at radius 2 is 2.09 bits per heavy atom. The maximum absolute atomic E-state index is 12.4. The van der Waals surface area contributed by atoms with Gasteiger partial charge in [0.15, 0.2) is 0 Å². The SMILES string of the molecule is CSc1ccc([N+](=O)[O-])c(C(=O)Nc2nc3ccccc3[nH]2)c1. The van der Waals surface area contributed by atoms with Crippen molar-refractivity contribution in [3.05, 3.63) is 58.1 Å². The molecule has 1 amide bonds. The first-order valence-corrected chi connectivity index (χ1v) is 7.89. The van der Waals surface area contributed by atoms with Crippen LogP contribution < -0.4 is 5.32 Å². The summed E-state index contributed by atoms with van der Waals surface area (Å²) in [7, 11) is 0. The van der Waals surface area contributed by atoms with E-state index in [-0.39, 0.29) is 17.2 Å². The van der Waals surface area contributed by atoms with Crippen molar-refractivity contribution in [2.75, 3.05) is 11.6 Å². The van der Waals surface area contributed by atoms with E-state index in [1.165, 1.54) is 23.9 Å². The first-order valence-electron chi connectivity index (χ1n) is 6.67. The maximum Gasteiger partial charge on any atom is 0.282 e. The zero-order valence-corrected chi connectivity index (χ0v) is 12.9. The van der Waals surface area contributed by atoms with Gasteiger partial charge in [-0.2, -0.15) is 0 Å². The third-order valence-corrected chi connectivity index (χ3v) is 3.99. The van der Waals surface area contributed by atoms with Crippen molar-refractivity contribution in [2.45, 2.75) is 4.90 Å². The molecule has 0 radical (unpaired) electrons. The minimum atomic E-state index is -0.577. The summed E-state index contributed by atoms with van der Waals surface area (Å²) in [6.45, 7) is 0. The lowest BCUT2D eigenvalue weighted by atomic mass is 10.1. The third kappa shape index (κ3) is 3.02. The Kier molecular flexibility index (Phi) is 3.98. The number of rotatable bonds is 4. The number of nitrogens with one attached hydrogen (secondary N) is 2. The highest BCUT2D eigenvalue weighted by Crippen LogP contribution is 2.25. The van der Waals surface area contributed by atoms with Crippen LogP contribution in [0, 0.1) is 10.1 Å². The fourth-order valence-corrected chi connectivity index (χ4v) is 2.61. The number of hydrogen-bond acceptors (Lipinski definition) is 5. The molecule has 0 saturated heterocycles. The first kappa shape index (κ1) is 15.0. The molecule has 3 aromatic rings. The summed E-state index contributed by atoms with van der Waals surface area (Å²) >= 11 is 1.40. The second kappa shape index (κ2) is 6.09. The summed E-state index contributed by atoms with van der Waals surface area (Å²) in [6, 6.07) is 11.8. The van der Waals surface area contributed by atoms with Gasteiger partial charge in [0.2, 0.25) is 5.95 Å². The Bertz CT molecular complexity index is 874. The van der Waals surface area contributed by atoms with Gasteiger partial charge in [0.25, 0.3) is 11.6 Å². The van der Waals surface area contributed by atoms with Gasteiger partial charge in [0, 0.05) is 11.0 Å². The molecule has 1 aromatic heterocycles. The largest absolute Gasteiger partial charge is 0.324 e. The predicted octanol–water partition coefficient (Wildman–Crippen LogP) is 3.45. The number of aromatic nitrogens is 2. The Morgan fingerprint density at radius 3 is 2.78 bits per heavy atom. The van der Waals surface area contributed by atoms with Crippen LogP contribution in [0.1, 0.15) is 10.4 Å². The van der Waals surface area contributed by atoms with Gasteiger partial charge < -0.3 is 4.98 Å². The fourth-order valence-electron chi connectivity index (χ4n) is 2.17. The molecule has 0 fully saturated rings. The molecule has 3 rings (SSSR count). The van der Waals surface area contributed by atoms with Gasteiger partial charge in [-0.1, -0.05) is 12.1 Å². The highest BCUT2D eigenvalue weighted by Gasteiger charge is 2.21. The van der Waals surface area contributed by atoms with E-state index >= 15 is 0 Å². The molecular weight excluding hydrogens is 316 g/mol. The number of thioether (sulfide) groups is 1. The van der Waals surface area contributed by atoms with Gasteiger partial charge in [-0.15, -0.1) is 11.8 Å². The molecule has 8 heteroatoms. The number of amides is 1. The lowest BCUT2D eigenvalue weighted by Crippen LogP contribution is -2.15. The van der Waals surface area contributed by atoms with Gasteiger partial charge in [-0.25, -0.2) is 4.98 Å². The molecule has 0 aliphatic heterocycles. The van der Waals surface area contributed by atoms with Crippen molar-refractivity contribution in [3.8, 4) is 0 Å². The van der Waals surface area contributed by atoms with Crippen LogP contribution >= 0.6 is 11.8 Å². The monoisotopic (exact) mass is 328 g/mol. The number of benzene rings is 2. The number of nitrogens with zero attached hydrogens (tertiary/aromatic N) is 2. The van der Waals surface area contributed by atoms with Crippen molar-refractivity contribution < 1.29 is 9.72 Å². The average Bonchev–Trinajstić information content (AvgIpc) is 2.96. The number of nitro benzene ring substituents is 1. The van der Waals surface area contributed by atoms with E-state index in [1.807, 2.05) is 24.5 Å². The van der Waals surface area contributed by atoms with Gasteiger partial charge in [0.05, 0.1) is 16.0 Å². The molecule has 0 aliphatic rings. The summed E-state index contributed by atoms with van der Waals surface area (Å²) < 4.78 is 0. The third-order valence-electron chi connectivity index (χ3n) is 3.27. The number of anilines is 1. The van der Waals surface area contributed by atoms with E-state index in [0.29, 0.717) is 5.52 Å². The van der Waals surface area contributed by atoms with Crippen molar-refractivity contribution in [2.24, 2.45) is 0 Å². The summed E-state index contributed by atoms with van der Waals surface area (Å²) in [4.78, 5) is 30.9. The Hall–Kier alpha value is -2.87. The minimum Gasteiger partial charge on any atom is -0.324 e. The van der Waals surface area contributed by atoms with Crippen LogP contribution in [0.2, 0.25) is 0 Å². The smallest absolute Gasteiger partial charge is 0.282 e. The van der Waals surface area contributed by atoms with Crippen LogP contribution in [-0.4, -0.2) is 27.1 Å². The number of para-hydroxylation sites is 2. The normalized spacial score (nSPS) is 10.7. The quantitative estimate of drug-likeness (QED) is 0.434. The van der Waals surface area contributed by atoms with Crippen LogP contribution in [0.5, 0.6) is 0 Å². The van der Waals surface area contributed by atoms with Crippen molar-refractivity contribution >= 4 is 40.3 Å². The van der Waals surface area contributed by atoms with Crippen molar-refractivity contribution in [3.63, 3.8) is 0 Å². The number of carbonyl (C=O) groups is 1. The van der Waals surface area contributed by atoms with Crippen LogP contribution in [0.4, 0.5) is 11.6 Å². The van der Waals surface area contributed by atoms with Crippen LogP contribution in [0.3, 0.4) is 0 Å². The van der Waals surface area contributed by atoms with Gasteiger partial charge in [-0.3, -0.25) is 20.2 Å². The standard InChI is InChI=1S/C15H12N4O3S/c1-23-9-6-7-13(19(21)22)10(8-9)14(20)18-15-16-11-4-2-3-5-12(11)17-15/h2-8H,1H3,(H2,16,17,18,20). The molecule has 2 aromatic carbocycles. The zero-order valence-electron chi connectivity index (χ0n) is 12.1. The van der Waals surface area contributed by atoms with Gasteiger partial charge in [0.1, 0.15) is 5.56 Å². The number of H-pyrrole nitrogens is 1. The lowest BCUT2D eigenvalue weighted by molar-refractivity contribution is -0.385. The molecule has 23 heavy (non-hydrogen) atoms. The zero-order chi connectivity index (χ0) is 16.4. The molecule has 0 spiro atoms. The van der Waals surface area contributed by atoms with Gasteiger partial charge >= 0.3 is 0 Å². The Balaban J connectivity index is 1.94. The number of carbonyl (C=O) groups excluding carboxylic acids is 1. The maximum atomic E-state index is 12.4. The summed E-state index contributed by atoms with van der Waals surface area (Å²) in [6.07, 6.45) is 1.84. The number of fused-ring (bicyclic) bond motifs is 1.